The van der Waals surface area contributed by atoms with E-state index in [1.807, 2.05) is 12.4 Å². The van der Waals surface area contributed by atoms with E-state index in [2.05, 4.69) is 39.8 Å². The summed E-state index contributed by atoms with van der Waals surface area (Å²) in [7, 11) is 0. The molecule has 186 valence electrons. The number of nitrogens with zero attached hydrogens (tertiary/aromatic N) is 3. The number of piperidine rings is 1. The highest BCUT2D eigenvalue weighted by atomic mass is 19.4. The van der Waals surface area contributed by atoms with Crippen LogP contribution in [0.5, 0.6) is 5.75 Å². The summed E-state index contributed by atoms with van der Waals surface area (Å²) in [5, 5.41) is 7.12. The van der Waals surface area contributed by atoms with Crippen molar-refractivity contribution in [2.75, 3.05) is 13.1 Å². The van der Waals surface area contributed by atoms with Gasteiger partial charge in [-0.1, -0.05) is 12.1 Å². The van der Waals surface area contributed by atoms with E-state index in [0.29, 0.717) is 0 Å². The molecule has 1 saturated heterocycles. The summed E-state index contributed by atoms with van der Waals surface area (Å²) in [5.74, 6) is 0.0653. The molecule has 1 saturated carbocycles. The third kappa shape index (κ3) is 4.93. The Bertz CT molecular complexity index is 1180. The van der Waals surface area contributed by atoms with Crippen LogP contribution in [-0.2, 0) is 23.5 Å². The number of fused-ring (bicyclic) bond motifs is 4. The van der Waals surface area contributed by atoms with Crippen molar-refractivity contribution in [2.24, 2.45) is 5.92 Å². The number of alkyl halides is 3. The molecule has 2 aromatic heterocycles. The number of benzene rings is 1. The van der Waals surface area contributed by atoms with E-state index >= 15 is 0 Å². The van der Waals surface area contributed by atoms with E-state index in [-0.39, 0.29) is 5.60 Å². The summed E-state index contributed by atoms with van der Waals surface area (Å²) in [6, 6.07) is 12.4. The Labute approximate surface area is 200 Å². The largest absolute Gasteiger partial charge is 0.490 e. The minimum Gasteiger partial charge on any atom is -0.480 e. The molecular formula is C25H26F3N3O4. The molecule has 7 nitrogen and oxygen atoms in total. The molecule has 10 heteroatoms. The van der Waals surface area contributed by atoms with Crippen molar-refractivity contribution in [2.45, 2.75) is 50.6 Å². The molecule has 4 heterocycles. The molecule has 2 aliphatic heterocycles. The Morgan fingerprint density at radius 1 is 1.14 bits per heavy atom. The number of aromatic nitrogens is 2. The third-order valence-electron chi connectivity index (χ3n) is 6.73. The van der Waals surface area contributed by atoms with Gasteiger partial charge in [0.1, 0.15) is 11.5 Å². The number of furan rings is 1. The molecule has 3 aliphatic rings. The van der Waals surface area contributed by atoms with Gasteiger partial charge in [-0.25, -0.2) is 9.78 Å². The zero-order chi connectivity index (χ0) is 24.6. The predicted molar refractivity (Wildman–Crippen MR) is 120 cm³/mol. The summed E-state index contributed by atoms with van der Waals surface area (Å²) in [6.45, 7) is 3.94. The molecular weight excluding hydrogens is 463 g/mol. The topological polar surface area (TPSA) is 80.7 Å². The van der Waals surface area contributed by atoms with Crippen molar-refractivity contribution < 1.29 is 32.2 Å². The lowest BCUT2D eigenvalue weighted by Crippen LogP contribution is -2.48. The van der Waals surface area contributed by atoms with Crippen molar-refractivity contribution >= 4 is 5.97 Å². The van der Waals surface area contributed by atoms with Crippen molar-refractivity contribution in [3.63, 3.8) is 0 Å². The quantitative estimate of drug-likeness (QED) is 0.551. The highest BCUT2D eigenvalue weighted by Gasteiger charge is 2.47. The maximum absolute atomic E-state index is 10.6. The first kappa shape index (κ1) is 23.5. The second-order valence-electron chi connectivity index (χ2n) is 9.29. The van der Waals surface area contributed by atoms with Gasteiger partial charge in [0.05, 0.1) is 30.5 Å². The second kappa shape index (κ2) is 9.07. The van der Waals surface area contributed by atoms with Crippen molar-refractivity contribution in [3.8, 4) is 17.0 Å². The standard InChI is InChI=1S/C23H25N3O2.C2HF3O2/c1-2-6-20-19(5-1)21-22(26(16-24-21)14-17-7-8-17)23(28-20)9-11-25(12-10-23)15-18-4-3-13-27-18;3-2(4,5)1(6)7/h1-6,13,16-17H,7-12,14-15H2;(H,6,7). The summed E-state index contributed by atoms with van der Waals surface area (Å²) < 4.78 is 46.4. The maximum Gasteiger partial charge on any atom is 0.490 e. The van der Waals surface area contributed by atoms with Gasteiger partial charge in [-0.15, -0.1) is 0 Å². The lowest BCUT2D eigenvalue weighted by atomic mass is 9.83. The van der Waals surface area contributed by atoms with E-state index in [9.17, 15) is 13.2 Å². The summed E-state index contributed by atoms with van der Waals surface area (Å²) in [5.41, 5.74) is 3.29. The Balaban J connectivity index is 0.000000320. The molecule has 6 rings (SSSR count). The number of para-hydroxylation sites is 1. The Kier molecular flexibility index (Phi) is 6.08. The van der Waals surface area contributed by atoms with Gasteiger partial charge in [0.25, 0.3) is 0 Å². The van der Waals surface area contributed by atoms with E-state index in [1.54, 1.807) is 6.26 Å². The Hall–Kier alpha value is -3.27. The number of carboxylic acids is 1. The molecule has 1 N–H and O–H groups in total. The van der Waals surface area contributed by atoms with Crippen LogP contribution in [0, 0.1) is 5.92 Å². The summed E-state index contributed by atoms with van der Waals surface area (Å²) in [6.07, 6.45) is 3.36. The lowest BCUT2D eigenvalue weighted by Gasteiger charge is -2.44. The monoisotopic (exact) mass is 489 g/mol. The molecule has 35 heavy (non-hydrogen) atoms. The number of likely N-dealkylation sites (tertiary alicyclic amines) is 1. The number of carboxylic acid groups (broad SMARTS) is 1. The highest BCUT2D eigenvalue weighted by molar-refractivity contribution is 5.73. The van der Waals surface area contributed by atoms with Crippen molar-refractivity contribution in [1.29, 1.82) is 0 Å². The predicted octanol–water partition coefficient (Wildman–Crippen LogP) is 5.07. The van der Waals surface area contributed by atoms with Crippen LogP contribution < -0.4 is 4.74 Å². The molecule has 0 radical (unpaired) electrons. The van der Waals surface area contributed by atoms with E-state index in [0.717, 1.165) is 67.7 Å². The number of imidazole rings is 1. The summed E-state index contributed by atoms with van der Waals surface area (Å²) in [4.78, 5) is 16.2. The van der Waals surface area contributed by atoms with Crippen LogP contribution in [-0.4, -0.2) is 44.8 Å². The van der Waals surface area contributed by atoms with Gasteiger partial charge in [0.15, 0.2) is 5.60 Å². The molecule has 0 atom stereocenters. The summed E-state index contributed by atoms with van der Waals surface area (Å²) >= 11 is 0. The first-order chi connectivity index (χ1) is 16.7. The number of carbonyl (C=O) groups is 1. The van der Waals surface area contributed by atoms with Crippen LogP contribution in [0.3, 0.4) is 0 Å². The molecule has 0 amide bonds. The van der Waals surface area contributed by atoms with Gasteiger partial charge < -0.3 is 18.8 Å². The van der Waals surface area contributed by atoms with Gasteiger partial charge in [-0.2, -0.15) is 13.2 Å². The SMILES string of the molecule is O=C(O)C(F)(F)F.c1coc(CN2CCC3(CC2)Oc2ccccc2-c2ncn(CC4CC4)c23)c1. The van der Waals surface area contributed by atoms with E-state index in [4.69, 9.17) is 24.0 Å². The van der Waals surface area contributed by atoms with Gasteiger partial charge >= 0.3 is 12.1 Å². The number of aliphatic carboxylic acids is 1. The number of halogens is 3. The third-order valence-corrected chi connectivity index (χ3v) is 6.73. The fourth-order valence-electron chi connectivity index (χ4n) is 4.82. The van der Waals surface area contributed by atoms with Gasteiger partial charge in [0.2, 0.25) is 0 Å². The Morgan fingerprint density at radius 3 is 2.49 bits per heavy atom. The van der Waals surface area contributed by atoms with Gasteiger partial charge in [0, 0.05) is 38.0 Å². The zero-order valence-electron chi connectivity index (χ0n) is 19.0. The lowest BCUT2D eigenvalue weighted by molar-refractivity contribution is -0.192. The fraction of sp³-hybridized carbons (Fsp3) is 0.440. The average molecular weight is 489 g/mol. The number of hydrogen-bond acceptors (Lipinski definition) is 5. The van der Waals surface area contributed by atoms with Crippen LogP contribution in [0.15, 0.2) is 53.4 Å². The second-order valence-corrected chi connectivity index (χ2v) is 9.29. The van der Waals surface area contributed by atoms with E-state index < -0.39 is 12.1 Å². The molecule has 3 aromatic rings. The first-order valence-corrected chi connectivity index (χ1v) is 11.6. The molecule has 2 fully saturated rings. The number of rotatable bonds is 4. The molecule has 0 unspecified atom stereocenters. The minimum absolute atomic E-state index is 0.269. The van der Waals surface area contributed by atoms with Gasteiger partial charge in [-0.3, -0.25) is 4.90 Å². The average Bonchev–Trinajstić information content (AvgIpc) is 3.30. The molecule has 1 aromatic carbocycles. The minimum atomic E-state index is -5.08. The van der Waals surface area contributed by atoms with Crippen LogP contribution in [0.4, 0.5) is 13.2 Å². The number of hydrogen-bond donors (Lipinski definition) is 1. The van der Waals surface area contributed by atoms with E-state index in [1.165, 1.54) is 18.5 Å². The smallest absolute Gasteiger partial charge is 0.480 e. The van der Waals surface area contributed by atoms with Gasteiger partial charge in [-0.05, 0) is 43.0 Å². The van der Waals surface area contributed by atoms with Crippen LogP contribution in [0.1, 0.15) is 37.1 Å². The normalized spacial score (nSPS) is 18.7. The first-order valence-electron chi connectivity index (χ1n) is 11.6. The van der Waals surface area contributed by atoms with Crippen LogP contribution >= 0.6 is 0 Å². The maximum atomic E-state index is 10.6. The van der Waals surface area contributed by atoms with Crippen LogP contribution in [0.25, 0.3) is 11.3 Å². The fourth-order valence-corrected chi connectivity index (χ4v) is 4.82. The highest BCUT2D eigenvalue weighted by Crippen LogP contribution is 2.49. The number of ether oxygens (including phenoxy) is 1. The van der Waals surface area contributed by atoms with Crippen molar-refractivity contribution in [3.05, 3.63) is 60.4 Å². The molecule has 1 spiro atoms. The Morgan fingerprint density at radius 2 is 1.86 bits per heavy atom. The zero-order valence-corrected chi connectivity index (χ0v) is 19.0. The molecule has 1 aliphatic carbocycles. The van der Waals surface area contributed by atoms with Crippen molar-refractivity contribution in [1.82, 2.24) is 14.5 Å². The van der Waals surface area contributed by atoms with Crippen LogP contribution in [0.2, 0.25) is 0 Å². The molecule has 0 bridgehead atoms.